The number of nitrogens with zero attached hydrogens (tertiary/aromatic N) is 2. The zero-order valence-corrected chi connectivity index (χ0v) is 25.1. The van der Waals surface area contributed by atoms with Crippen LogP contribution in [0.25, 0.3) is 11.3 Å². The minimum Gasteiger partial charge on any atom is -0.477 e. The SMILES string of the molecule is CNCc1ccnc(-c2[c-]cc(Sc3ccccc3)cc2Sc2ccccc2)c1.O=C(O)c1ccccn1.[Ir]. The van der Waals surface area contributed by atoms with Crippen LogP contribution in [0.1, 0.15) is 16.1 Å². The molecule has 5 nitrogen and oxygen atoms in total. The number of benzene rings is 3. The van der Waals surface area contributed by atoms with Crippen molar-refractivity contribution < 1.29 is 30.0 Å². The van der Waals surface area contributed by atoms with Gasteiger partial charge in [0.1, 0.15) is 5.69 Å². The Morgan fingerprint density at radius 1 is 0.821 bits per heavy atom. The number of aromatic nitrogens is 2. The fraction of sp³-hybridized carbons (Fsp3) is 0.0645. The van der Waals surface area contributed by atoms with Crippen LogP contribution in [0.4, 0.5) is 0 Å². The van der Waals surface area contributed by atoms with Gasteiger partial charge in [-0.05, 0) is 60.8 Å². The van der Waals surface area contributed by atoms with Crippen molar-refractivity contribution in [3.8, 4) is 11.3 Å². The molecule has 0 unspecified atom stereocenters. The molecule has 0 spiro atoms. The molecule has 39 heavy (non-hydrogen) atoms. The molecule has 0 aliphatic rings. The summed E-state index contributed by atoms with van der Waals surface area (Å²) in [5.41, 5.74) is 3.28. The van der Waals surface area contributed by atoms with E-state index in [1.807, 2.05) is 31.4 Å². The van der Waals surface area contributed by atoms with E-state index in [0.29, 0.717) is 0 Å². The van der Waals surface area contributed by atoms with Crippen LogP contribution in [0.15, 0.2) is 135 Å². The number of rotatable bonds is 8. The van der Waals surface area contributed by atoms with E-state index in [4.69, 9.17) is 5.11 Å². The molecule has 0 aliphatic carbocycles. The normalized spacial score (nSPS) is 10.1. The second-order valence-electron chi connectivity index (χ2n) is 8.00. The molecule has 2 aromatic heterocycles. The van der Waals surface area contributed by atoms with Crippen molar-refractivity contribution >= 4 is 29.5 Å². The Hall–Kier alpha value is -3.26. The Kier molecular flexibility index (Phi) is 12.4. The summed E-state index contributed by atoms with van der Waals surface area (Å²) in [5.74, 6) is -0.990. The number of hydrogen-bond acceptors (Lipinski definition) is 6. The van der Waals surface area contributed by atoms with E-state index in [1.54, 1.807) is 35.7 Å². The standard InChI is InChI=1S/C25H21N2S2.C6H5NO2.Ir/c1-26-18-19-14-15-27-24(16-19)23-13-12-22(28-20-8-4-2-5-9-20)17-25(23)29-21-10-6-3-7-11-21;8-6(9)5-3-1-2-4-7-5;/h2-12,14-17,26H,18H2,1H3;1-4H,(H,8,9);/q-1;;. The fourth-order valence-corrected chi connectivity index (χ4v) is 5.38. The van der Waals surface area contributed by atoms with Crippen molar-refractivity contribution in [1.82, 2.24) is 15.3 Å². The van der Waals surface area contributed by atoms with Gasteiger partial charge in [0.2, 0.25) is 0 Å². The van der Waals surface area contributed by atoms with Crippen LogP contribution in [-0.4, -0.2) is 28.1 Å². The van der Waals surface area contributed by atoms with Gasteiger partial charge in [0.05, 0.1) is 0 Å². The van der Waals surface area contributed by atoms with Gasteiger partial charge in [0, 0.05) is 48.8 Å². The molecule has 0 saturated carbocycles. The average molecular weight is 729 g/mol. The number of pyridine rings is 2. The van der Waals surface area contributed by atoms with Crippen LogP contribution in [0.5, 0.6) is 0 Å². The molecule has 2 heterocycles. The first-order valence-corrected chi connectivity index (χ1v) is 13.5. The summed E-state index contributed by atoms with van der Waals surface area (Å²) in [6, 6.07) is 37.6. The predicted octanol–water partition coefficient (Wildman–Crippen LogP) is 7.35. The van der Waals surface area contributed by atoms with Crippen LogP contribution in [0.2, 0.25) is 0 Å². The van der Waals surface area contributed by atoms with E-state index >= 15 is 0 Å². The third kappa shape index (κ3) is 9.46. The van der Waals surface area contributed by atoms with E-state index in [0.717, 1.165) is 22.7 Å². The molecule has 0 saturated heterocycles. The fourth-order valence-electron chi connectivity index (χ4n) is 3.45. The zero-order valence-electron chi connectivity index (χ0n) is 21.1. The van der Waals surface area contributed by atoms with Crippen molar-refractivity contribution in [1.29, 1.82) is 0 Å². The molecule has 0 bridgehead atoms. The first-order chi connectivity index (χ1) is 18.6. The average Bonchev–Trinajstić information content (AvgIpc) is 2.95. The molecule has 0 amide bonds. The third-order valence-corrected chi connectivity index (χ3v) is 7.20. The summed E-state index contributed by atoms with van der Waals surface area (Å²) >= 11 is 3.51. The van der Waals surface area contributed by atoms with Gasteiger partial charge in [-0.25, -0.2) is 9.78 Å². The van der Waals surface area contributed by atoms with Gasteiger partial charge in [0.15, 0.2) is 0 Å². The van der Waals surface area contributed by atoms with Gasteiger partial charge in [-0.1, -0.05) is 58.3 Å². The number of hydrogen-bond donors (Lipinski definition) is 2. The van der Waals surface area contributed by atoms with Crippen LogP contribution >= 0.6 is 23.5 Å². The molecule has 0 aliphatic heterocycles. The molecule has 5 rings (SSSR count). The van der Waals surface area contributed by atoms with Crippen molar-refractivity contribution in [2.45, 2.75) is 26.1 Å². The van der Waals surface area contributed by atoms with E-state index in [9.17, 15) is 4.79 Å². The van der Waals surface area contributed by atoms with Gasteiger partial charge >= 0.3 is 5.97 Å². The maximum atomic E-state index is 10.1. The Labute approximate surface area is 250 Å². The van der Waals surface area contributed by atoms with Gasteiger partial charge in [-0.2, -0.15) is 0 Å². The zero-order chi connectivity index (χ0) is 26.6. The Bertz CT molecular complexity index is 1460. The molecule has 2 N–H and O–H groups in total. The number of carbonyl (C=O) groups is 1. The summed E-state index contributed by atoms with van der Waals surface area (Å²) in [7, 11) is 1.96. The van der Waals surface area contributed by atoms with E-state index < -0.39 is 5.97 Å². The Balaban J connectivity index is 0.000000359. The molecular formula is C31H26IrN3O2S2-. The second kappa shape index (κ2) is 16.0. The number of nitrogens with one attached hydrogen (secondary N) is 1. The Morgan fingerprint density at radius 3 is 2.08 bits per heavy atom. The molecular weight excluding hydrogens is 703 g/mol. The summed E-state index contributed by atoms with van der Waals surface area (Å²) < 4.78 is 0. The number of carboxylic acid groups (broad SMARTS) is 1. The molecule has 5 aromatic rings. The van der Waals surface area contributed by atoms with E-state index in [1.165, 1.54) is 32.5 Å². The largest absolute Gasteiger partial charge is 0.477 e. The maximum absolute atomic E-state index is 10.1. The number of carboxylic acids is 1. The Morgan fingerprint density at radius 2 is 1.49 bits per heavy atom. The minimum absolute atomic E-state index is 0. The van der Waals surface area contributed by atoms with Crippen molar-refractivity contribution in [3.63, 3.8) is 0 Å². The first kappa shape index (κ1) is 30.3. The van der Waals surface area contributed by atoms with Gasteiger partial charge in [-0.15, -0.1) is 47.3 Å². The van der Waals surface area contributed by atoms with Gasteiger partial charge < -0.3 is 15.4 Å². The first-order valence-electron chi connectivity index (χ1n) is 11.9. The van der Waals surface area contributed by atoms with Crippen LogP contribution in [0, 0.1) is 6.07 Å². The summed E-state index contributed by atoms with van der Waals surface area (Å²) in [6.45, 7) is 0.818. The number of aromatic carboxylic acids is 1. The topological polar surface area (TPSA) is 75.1 Å². The molecule has 0 atom stereocenters. The molecule has 8 heteroatoms. The van der Waals surface area contributed by atoms with Crippen LogP contribution in [0.3, 0.4) is 0 Å². The quantitative estimate of drug-likeness (QED) is 0.162. The van der Waals surface area contributed by atoms with Gasteiger partial charge in [0.25, 0.3) is 0 Å². The monoisotopic (exact) mass is 729 g/mol. The minimum atomic E-state index is -0.990. The summed E-state index contributed by atoms with van der Waals surface area (Å²) in [5, 5.41) is 11.5. The van der Waals surface area contributed by atoms with Crippen molar-refractivity contribution in [2.24, 2.45) is 0 Å². The summed E-state index contributed by atoms with van der Waals surface area (Å²) in [4.78, 5) is 23.1. The smallest absolute Gasteiger partial charge is 0.354 e. The summed E-state index contributed by atoms with van der Waals surface area (Å²) in [6.07, 6.45) is 3.32. The van der Waals surface area contributed by atoms with E-state index in [2.05, 4.69) is 88.1 Å². The predicted molar refractivity (Wildman–Crippen MR) is 154 cm³/mol. The molecule has 0 fully saturated rings. The maximum Gasteiger partial charge on any atom is 0.354 e. The molecule has 1 radical (unpaired) electrons. The third-order valence-electron chi connectivity index (χ3n) is 5.17. The molecule has 199 valence electrons. The van der Waals surface area contributed by atoms with Crippen molar-refractivity contribution in [2.75, 3.05) is 7.05 Å². The van der Waals surface area contributed by atoms with Crippen LogP contribution < -0.4 is 5.32 Å². The van der Waals surface area contributed by atoms with Gasteiger partial charge in [-0.3, -0.25) is 0 Å². The second-order valence-corrected chi connectivity index (χ2v) is 10.3. The van der Waals surface area contributed by atoms with Crippen LogP contribution in [-0.2, 0) is 26.7 Å². The molecule has 3 aromatic carbocycles. The van der Waals surface area contributed by atoms with Crippen molar-refractivity contribution in [3.05, 3.63) is 133 Å². The van der Waals surface area contributed by atoms with E-state index in [-0.39, 0.29) is 25.8 Å².